The van der Waals surface area contributed by atoms with Crippen LogP contribution in [0.5, 0.6) is 11.6 Å². The molecule has 2 aliphatic rings. The molecule has 1 fully saturated rings. The van der Waals surface area contributed by atoms with Crippen LogP contribution in [0, 0.1) is 0 Å². The molecule has 5 nitrogen and oxygen atoms in total. The summed E-state index contributed by atoms with van der Waals surface area (Å²) in [6.45, 7) is 1.64. The third-order valence-corrected chi connectivity index (χ3v) is 3.98. The van der Waals surface area contributed by atoms with Gasteiger partial charge < -0.3 is 14.4 Å². The first kappa shape index (κ1) is 11.9. The minimum atomic E-state index is -0.151. The Morgan fingerprint density at radius 1 is 1.44 bits per heavy atom. The molecule has 96 valence electrons. The minimum Gasteiger partial charge on any atom is -0.484 e. The quantitative estimate of drug-likeness (QED) is 0.786. The highest BCUT2D eigenvalue weighted by molar-refractivity contribution is 7.99. The van der Waals surface area contributed by atoms with Gasteiger partial charge in [0.25, 0.3) is 11.8 Å². The van der Waals surface area contributed by atoms with Gasteiger partial charge >= 0.3 is 0 Å². The van der Waals surface area contributed by atoms with Crippen LogP contribution in [0.1, 0.15) is 10.5 Å². The molecule has 3 rings (SSSR count). The molecule has 1 aromatic heterocycles. The van der Waals surface area contributed by atoms with E-state index in [0.29, 0.717) is 35.7 Å². The number of carbonyl (C=O) groups excluding carboxylic acids is 1. The number of amides is 1. The Morgan fingerprint density at radius 3 is 3.06 bits per heavy atom. The fourth-order valence-corrected chi connectivity index (χ4v) is 2.99. The van der Waals surface area contributed by atoms with Crippen LogP contribution < -0.4 is 9.47 Å². The number of hydrogen-bond donors (Lipinski definition) is 0. The van der Waals surface area contributed by atoms with E-state index in [0.717, 1.165) is 12.3 Å². The zero-order chi connectivity index (χ0) is 12.5. The Morgan fingerprint density at radius 2 is 2.28 bits per heavy atom. The topological polar surface area (TPSA) is 51.7 Å². The molecular formula is C11H11ClN2O3S. The van der Waals surface area contributed by atoms with Crippen LogP contribution in [0.4, 0.5) is 0 Å². The molecular weight excluding hydrogens is 276 g/mol. The van der Waals surface area contributed by atoms with Crippen molar-refractivity contribution in [1.29, 1.82) is 0 Å². The average Bonchev–Trinajstić information content (AvgIpc) is 2.91. The van der Waals surface area contributed by atoms with E-state index in [1.54, 1.807) is 22.7 Å². The zero-order valence-electron chi connectivity index (χ0n) is 9.52. The smallest absolute Gasteiger partial charge is 0.274 e. The second kappa shape index (κ2) is 4.85. The molecule has 0 spiro atoms. The number of aromatic nitrogens is 1. The lowest BCUT2D eigenvalue weighted by Crippen LogP contribution is -2.29. The molecule has 3 heterocycles. The third-order valence-electron chi connectivity index (χ3n) is 2.73. The lowest BCUT2D eigenvalue weighted by Gasteiger charge is -2.20. The van der Waals surface area contributed by atoms with E-state index in [2.05, 4.69) is 4.98 Å². The van der Waals surface area contributed by atoms with E-state index < -0.39 is 0 Å². The first-order chi connectivity index (χ1) is 8.75. The van der Waals surface area contributed by atoms with Gasteiger partial charge in [-0.05, 0) is 0 Å². The van der Waals surface area contributed by atoms with Gasteiger partial charge in [0, 0.05) is 18.4 Å². The number of pyridine rings is 1. The van der Waals surface area contributed by atoms with E-state index in [4.69, 9.17) is 21.1 Å². The summed E-state index contributed by atoms with van der Waals surface area (Å²) in [4.78, 5) is 18.1. The summed E-state index contributed by atoms with van der Waals surface area (Å²) < 4.78 is 10.7. The molecule has 1 aromatic rings. The van der Waals surface area contributed by atoms with Crippen molar-refractivity contribution in [3.8, 4) is 11.6 Å². The molecule has 0 saturated carbocycles. The van der Waals surface area contributed by atoms with E-state index >= 15 is 0 Å². The first-order valence-electron chi connectivity index (χ1n) is 5.59. The van der Waals surface area contributed by atoms with Crippen LogP contribution in [-0.2, 0) is 0 Å². The summed E-state index contributed by atoms with van der Waals surface area (Å²) in [6, 6.07) is 1.60. The van der Waals surface area contributed by atoms with Crippen molar-refractivity contribution < 1.29 is 14.3 Å². The summed E-state index contributed by atoms with van der Waals surface area (Å²) in [6.07, 6.45) is 0. The molecule has 1 amide bonds. The summed E-state index contributed by atoms with van der Waals surface area (Å²) in [5, 5.41) is 0.307. The highest BCUT2D eigenvalue weighted by atomic mass is 35.5. The number of carbonyl (C=O) groups is 1. The highest BCUT2D eigenvalue weighted by Gasteiger charge is 2.26. The van der Waals surface area contributed by atoms with Crippen LogP contribution in [0.2, 0.25) is 5.02 Å². The van der Waals surface area contributed by atoms with Gasteiger partial charge in [-0.3, -0.25) is 4.79 Å². The summed E-state index contributed by atoms with van der Waals surface area (Å²) in [5.74, 6) is 2.33. The normalized spacial score (nSPS) is 17.9. The van der Waals surface area contributed by atoms with Crippen molar-refractivity contribution in [2.75, 3.05) is 31.4 Å². The van der Waals surface area contributed by atoms with Crippen LogP contribution in [0.15, 0.2) is 6.07 Å². The number of nitrogens with zero attached hydrogens (tertiary/aromatic N) is 2. The van der Waals surface area contributed by atoms with Gasteiger partial charge in [0.05, 0.1) is 10.9 Å². The van der Waals surface area contributed by atoms with Crippen molar-refractivity contribution in [2.24, 2.45) is 0 Å². The second-order valence-electron chi connectivity index (χ2n) is 3.92. The molecule has 0 atom stereocenters. The van der Waals surface area contributed by atoms with Gasteiger partial charge in [-0.25, -0.2) is 4.98 Å². The van der Waals surface area contributed by atoms with Crippen LogP contribution >= 0.6 is 23.4 Å². The van der Waals surface area contributed by atoms with E-state index in [-0.39, 0.29) is 11.6 Å². The third kappa shape index (κ3) is 2.10. The predicted octanol–water partition coefficient (Wildman–Crippen LogP) is 1.65. The molecule has 0 radical (unpaired) electrons. The van der Waals surface area contributed by atoms with Gasteiger partial charge in [-0.1, -0.05) is 11.6 Å². The van der Waals surface area contributed by atoms with Gasteiger partial charge in [-0.2, -0.15) is 0 Å². The first-order valence-corrected chi connectivity index (χ1v) is 7.12. The van der Waals surface area contributed by atoms with Gasteiger partial charge in [0.15, 0.2) is 11.4 Å². The lowest BCUT2D eigenvalue weighted by molar-refractivity contribution is 0.0794. The largest absolute Gasteiger partial charge is 0.484 e. The molecule has 0 aromatic carbocycles. The van der Waals surface area contributed by atoms with Gasteiger partial charge in [0.1, 0.15) is 13.2 Å². The number of thioether (sulfide) groups is 1. The highest BCUT2D eigenvalue weighted by Crippen LogP contribution is 2.33. The molecule has 0 N–H and O–H groups in total. The molecule has 2 aliphatic heterocycles. The number of hydrogen-bond acceptors (Lipinski definition) is 5. The Bertz CT molecular complexity index is 491. The zero-order valence-corrected chi connectivity index (χ0v) is 11.1. The van der Waals surface area contributed by atoms with Crippen LogP contribution in [0.3, 0.4) is 0 Å². The monoisotopic (exact) mass is 286 g/mol. The maximum Gasteiger partial charge on any atom is 0.274 e. The molecule has 1 saturated heterocycles. The molecule has 18 heavy (non-hydrogen) atoms. The van der Waals surface area contributed by atoms with E-state index in [1.807, 2.05) is 0 Å². The van der Waals surface area contributed by atoms with Crippen LogP contribution in [-0.4, -0.2) is 47.2 Å². The molecule has 0 aliphatic carbocycles. The van der Waals surface area contributed by atoms with Crippen molar-refractivity contribution in [2.45, 2.75) is 0 Å². The van der Waals surface area contributed by atoms with Crippen molar-refractivity contribution in [3.05, 3.63) is 16.8 Å². The Hall–Kier alpha value is -1.14. The fraction of sp³-hybridized carbons (Fsp3) is 0.455. The van der Waals surface area contributed by atoms with Crippen molar-refractivity contribution in [3.63, 3.8) is 0 Å². The molecule has 0 bridgehead atoms. The fourth-order valence-electron chi connectivity index (χ4n) is 1.83. The SMILES string of the molecule is O=C(c1nc2c(cc1Cl)OCCO2)N1CCSC1. The lowest BCUT2D eigenvalue weighted by atomic mass is 10.3. The molecule has 7 heteroatoms. The Kier molecular flexibility index (Phi) is 3.22. The van der Waals surface area contributed by atoms with Crippen molar-refractivity contribution in [1.82, 2.24) is 9.88 Å². The van der Waals surface area contributed by atoms with Crippen LogP contribution in [0.25, 0.3) is 0 Å². The number of halogens is 1. The standard InChI is InChI=1S/C11H11ClN2O3S/c12-7-5-8-10(17-3-2-16-8)13-9(7)11(15)14-1-4-18-6-14/h5H,1-4,6H2. The maximum absolute atomic E-state index is 12.2. The van der Waals surface area contributed by atoms with E-state index in [9.17, 15) is 4.79 Å². The molecule has 0 unspecified atom stereocenters. The minimum absolute atomic E-state index is 0.151. The van der Waals surface area contributed by atoms with Crippen molar-refractivity contribution >= 4 is 29.3 Å². The average molecular weight is 287 g/mol. The second-order valence-corrected chi connectivity index (χ2v) is 5.41. The predicted molar refractivity (Wildman–Crippen MR) is 68.6 cm³/mol. The van der Waals surface area contributed by atoms with Gasteiger partial charge in [-0.15, -0.1) is 11.8 Å². The maximum atomic E-state index is 12.2. The Balaban J connectivity index is 1.93. The Labute approximate surface area is 113 Å². The number of fused-ring (bicyclic) bond motifs is 1. The van der Waals surface area contributed by atoms with Gasteiger partial charge in [0.2, 0.25) is 0 Å². The number of ether oxygens (including phenoxy) is 2. The number of rotatable bonds is 1. The summed E-state index contributed by atoms with van der Waals surface area (Å²) >= 11 is 7.80. The van der Waals surface area contributed by atoms with E-state index in [1.165, 1.54) is 0 Å². The summed E-state index contributed by atoms with van der Waals surface area (Å²) in [5.41, 5.74) is 0.239. The summed E-state index contributed by atoms with van der Waals surface area (Å²) in [7, 11) is 0.